The summed E-state index contributed by atoms with van der Waals surface area (Å²) in [5, 5.41) is 3.92. The third-order valence-electron chi connectivity index (χ3n) is 4.68. The summed E-state index contributed by atoms with van der Waals surface area (Å²) in [6.45, 7) is 2.71. The monoisotopic (exact) mass is 361 g/mol. The van der Waals surface area contributed by atoms with E-state index in [9.17, 15) is 9.59 Å². The quantitative estimate of drug-likeness (QED) is 0.721. The van der Waals surface area contributed by atoms with Gasteiger partial charge in [0.1, 0.15) is 5.82 Å². The molecule has 1 aliphatic heterocycles. The Morgan fingerprint density at radius 3 is 2.63 bits per heavy atom. The Bertz CT molecular complexity index is 978. The predicted octanol–water partition coefficient (Wildman–Crippen LogP) is 2.16. The minimum atomic E-state index is -0.205. The summed E-state index contributed by atoms with van der Waals surface area (Å²) < 4.78 is 0. The van der Waals surface area contributed by atoms with Crippen LogP contribution < -0.4 is 10.2 Å². The van der Waals surface area contributed by atoms with Crippen LogP contribution in [-0.4, -0.2) is 53.4 Å². The molecular weight excluding hydrogens is 342 g/mol. The fourth-order valence-corrected chi connectivity index (χ4v) is 3.19. The van der Waals surface area contributed by atoms with Crippen LogP contribution in [0.4, 0.5) is 11.5 Å². The minimum Gasteiger partial charge on any atom is -0.353 e. The van der Waals surface area contributed by atoms with Gasteiger partial charge in [-0.15, -0.1) is 0 Å². The van der Waals surface area contributed by atoms with E-state index in [1.807, 2.05) is 30.3 Å². The van der Waals surface area contributed by atoms with Crippen LogP contribution in [0.1, 0.15) is 10.4 Å². The molecule has 1 N–H and O–H groups in total. The highest BCUT2D eigenvalue weighted by Crippen LogP contribution is 2.22. The van der Waals surface area contributed by atoms with Crippen molar-refractivity contribution in [2.75, 3.05) is 36.4 Å². The summed E-state index contributed by atoms with van der Waals surface area (Å²) >= 11 is 0. The second kappa shape index (κ2) is 7.41. The normalized spacial score (nSPS) is 14.2. The number of pyridine rings is 2. The molecule has 1 saturated heterocycles. The van der Waals surface area contributed by atoms with Gasteiger partial charge in [-0.05, 0) is 24.3 Å². The largest absolute Gasteiger partial charge is 0.353 e. The van der Waals surface area contributed by atoms with E-state index in [0.717, 1.165) is 23.1 Å². The molecule has 2 amide bonds. The Kier molecular flexibility index (Phi) is 4.65. The van der Waals surface area contributed by atoms with Crippen molar-refractivity contribution in [3.05, 3.63) is 60.4 Å². The van der Waals surface area contributed by atoms with Gasteiger partial charge >= 0.3 is 0 Å². The Hall–Kier alpha value is -3.48. The molecule has 7 heteroatoms. The molecule has 7 nitrogen and oxygen atoms in total. The number of nitrogens with zero attached hydrogens (tertiary/aromatic N) is 4. The zero-order valence-corrected chi connectivity index (χ0v) is 14.7. The van der Waals surface area contributed by atoms with Crippen molar-refractivity contribution in [2.45, 2.75) is 0 Å². The van der Waals surface area contributed by atoms with Crippen LogP contribution in [0.15, 0.2) is 54.9 Å². The number of anilines is 2. The van der Waals surface area contributed by atoms with E-state index >= 15 is 0 Å². The van der Waals surface area contributed by atoms with E-state index in [4.69, 9.17) is 0 Å². The number of nitrogens with one attached hydrogen (secondary N) is 1. The lowest BCUT2D eigenvalue weighted by molar-refractivity contribution is -0.118. The number of piperazine rings is 1. The summed E-state index contributed by atoms with van der Waals surface area (Å²) in [7, 11) is 0. The third-order valence-corrected chi connectivity index (χ3v) is 4.68. The first-order chi connectivity index (χ1) is 13.2. The highest BCUT2D eigenvalue weighted by atomic mass is 16.1. The van der Waals surface area contributed by atoms with Crippen molar-refractivity contribution in [2.24, 2.45) is 0 Å². The Morgan fingerprint density at radius 1 is 1.00 bits per heavy atom. The van der Waals surface area contributed by atoms with Crippen LogP contribution in [0.3, 0.4) is 0 Å². The number of carbonyl (C=O) groups excluding carboxylic acids is 2. The third kappa shape index (κ3) is 3.57. The molecule has 4 rings (SSSR count). The number of para-hydroxylation sites is 1. The van der Waals surface area contributed by atoms with Gasteiger partial charge in [0.2, 0.25) is 6.41 Å². The Balaban J connectivity index is 1.53. The molecule has 0 radical (unpaired) electrons. The molecule has 2 aromatic heterocycles. The smallest absolute Gasteiger partial charge is 0.255 e. The lowest BCUT2D eigenvalue weighted by Gasteiger charge is -2.33. The van der Waals surface area contributed by atoms with E-state index < -0.39 is 0 Å². The molecule has 0 spiro atoms. The van der Waals surface area contributed by atoms with Gasteiger partial charge in [0.25, 0.3) is 5.91 Å². The number of hydrogen-bond donors (Lipinski definition) is 1. The molecule has 136 valence electrons. The summed E-state index contributed by atoms with van der Waals surface area (Å²) in [5.74, 6) is 0.535. The first kappa shape index (κ1) is 17.0. The van der Waals surface area contributed by atoms with Gasteiger partial charge in [0, 0.05) is 49.5 Å². The lowest BCUT2D eigenvalue weighted by Crippen LogP contribution is -2.46. The molecule has 0 saturated carbocycles. The number of fused-ring (bicyclic) bond motifs is 1. The zero-order chi connectivity index (χ0) is 18.6. The first-order valence-electron chi connectivity index (χ1n) is 8.80. The van der Waals surface area contributed by atoms with Crippen LogP contribution in [-0.2, 0) is 4.79 Å². The number of aromatic nitrogens is 2. The topological polar surface area (TPSA) is 78.4 Å². The summed E-state index contributed by atoms with van der Waals surface area (Å²) in [6, 6.07) is 13.0. The maximum Gasteiger partial charge on any atom is 0.255 e. The molecule has 27 heavy (non-hydrogen) atoms. The number of hydrogen-bond acceptors (Lipinski definition) is 5. The van der Waals surface area contributed by atoms with Gasteiger partial charge < -0.3 is 15.1 Å². The maximum atomic E-state index is 12.8. The summed E-state index contributed by atoms with van der Waals surface area (Å²) in [5.41, 5.74) is 1.97. The van der Waals surface area contributed by atoms with Crippen LogP contribution in [0.5, 0.6) is 0 Å². The van der Waals surface area contributed by atoms with Gasteiger partial charge in [0.15, 0.2) is 0 Å². The van der Waals surface area contributed by atoms with Crippen LogP contribution in [0.2, 0.25) is 0 Å². The average Bonchev–Trinajstić information content (AvgIpc) is 2.74. The van der Waals surface area contributed by atoms with E-state index in [-0.39, 0.29) is 5.91 Å². The molecule has 3 aromatic rings. The number of benzene rings is 1. The highest BCUT2D eigenvalue weighted by Gasteiger charge is 2.18. The van der Waals surface area contributed by atoms with E-state index in [1.54, 1.807) is 29.4 Å². The molecule has 1 aromatic carbocycles. The van der Waals surface area contributed by atoms with Crippen LogP contribution >= 0.6 is 0 Å². The average molecular weight is 361 g/mol. The number of rotatable bonds is 4. The second-order valence-electron chi connectivity index (χ2n) is 6.37. The predicted molar refractivity (Wildman–Crippen MR) is 104 cm³/mol. The molecular formula is C20H19N5O2. The first-order valence-corrected chi connectivity index (χ1v) is 8.80. The maximum absolute atomic E-state index is 12.8. The Morgan fingerprint density at radius 2 is 1.81 bits per heavy atom. The van der Waals surface area contributed by atoms with E-state index in [0.29, 0.717) is 37.4 Å². The van der Waals surface area contributed by atoms with Crippen LogP contribution in [0, 0.1) is 0 Å². The van der Waals surface area contributed by atoms with Crippen molar-refractivity contribution >= 4 is 34.7 Å². The van der Waals surface area contributed by atoms with E-state index in [2.05, 4.69) is 20.2 Å². The number of carbonyl (C=O) groups is 2. The fraction of sp³-hybridized carbons (Fsp3) is 0.200. The standard InChI is InChI=1S/C20H19N5O2/c26-14-24-9-11-25(12-10-24)18-13-16(6-8-21-18)20(27)23-17-5-1-3-15-4-2-7-22-19(15)17/h1-8,13-14H,9-12H2,(H,23,27). The van der Waals surface area contributed by atoms with Crippen LogP contribution in [0.25, 0.3) is 10.9 Å². The van der Waals surface area contributed by atoms with Gasteiger partial charge in [-0.3, -0.25) is 14.6 Å². The molecule has 0 atom stereocenters. The van der Waals surface area contributed by atoms with E-state index in [1.165, 1.54) is 0 Å². The molecule has 1 fully saturated rings. The van der Waals surface area contributed by atoms with Gasteiger partial charge in [-0.2, -0.15) is 0 Å². The Labute approximate surface area is 156 Å². The van der Waals surface area contributed by atoms with Gasteiger partial charge in [-0.25, -0.2) is 4.98 Å². The molecule has 3 heterocycles. The van der Waals surface area contributed by atoms with Crippen molar-refractivity contribution in [3.63, 3.8) is 0 Å². The summed E-state index contributed by atoms with van der Waals surface area (Å²) in [6.07, 6.45) is 4.21. The summed E-state index contributed by atoms with van der Waals surface area (Å²) in [4.78, 5) is 36.2. The van der Waals surface area contributed by atoms with Gasteiger partial charge in [0.05, 0.1) is 11.2 Å². The molecule has 0 aliphatic carbocycles. The lowest BCUT2D eigenvalue weighted by atomic mass is 10.1. The zero-order valence-electron chi connectivity index (χ0n) is 14.7. The van der Waals surface area contributed by atoms with Crippen molar-refractivity contribution < 1.29 is 9.59 Å². The SMILES string of the molecule is O=CN1CCN(c2cc(C(=O)Nc3cccc4cccnc34)ccn2)CC1. The van der Waals surface area contributed by atoms with Gasteiger partial charge in [-0.1, -0.05) is 18.2 Å². The van der Waals surface area contributed by atoms with Crippen molar-refractivity contribution in [1.29, 1.82) is 0 Å². The molecule has 0 bridgehead atoms. The van der Waals surface area contributed by atoms with Crippen molar-refractivity contribution in [1.82, 2.24) is 14.9 Å². The fourth-order valence-electron chi connectivity index (χ4n) is 3.19. The van der Waals surface area contributed by atoms with Crippen molar-refractivity contribution in [3.8, 4) is 0 Å². The highest BCUT2D eigenvalue weighted by molar-refractivity contribution is 6.08. The number of amides is 2. The molecule has 1 aliphatic rings. The minimum absolute atomic E-state index is 0.205. The second-order valence-corrected chi connectivity index (χ2v) is 6.37. The molecule has 0 unspecified atom stereocenters.